The molecule has 0 spiro atoms. The molecule has 154 valence electrons. The van der Waals surface area contributed by atoms with Crippen LogP contribution in [0.15, 0.2) is 0 Å². The molecule has 0 aromatic rings. The molecule has 0 aliphatic carbocycles. The van der Waals surface area contributed by atoms with Crippen molar-refractivity contribution in [3.8, 4) is 0 Å². The van der Waals surface area contributed by atoms with Crippen LogP contribution in [0.25, 0.3) is 0 Å². The normalized spacial score (nSPS) is 15.8. The molecule has 0 aliphatic heterocycles. The molecule has 0 radical (unpaired) electrons. The quantitative estimate of drug-likeness (QED) is 0.475. The van der Waals surface area contributed by atoms with Gasteiger partial charge in [-0.2, -0.15) is 61.1 Å². The Hall–Kier alpha value is -1.04. The van der Waals surface area contributed by atoms with Crippen LogP contribution in [0, 0.1) is 0 Å². The maximum Gasteiger partial charge on any atom is 0.438 e. The zero-order valence-electron chi connectivity index (χ0n) is 11.0. The average molecular weight is 431 g/mol. The molecule has 0 bridgehead atoms. The molecule has 0 aromatic carbocycles. The molecule has 4 N–H and O–H groups in total. The molecule has 0 unspecified atom stereocenters. The lowest BCUT2D eigenvalue weighted by atomic mass is 9.95. The van der Waals surface area contributed by atoms with Gasteiger partial charge in [-0.25, -0.2) is 4.39 Å². The van der Waals surface area contributed by atoms with Gasteiger partial charge >= 0.3 is 45.0 Å². The molecule has 0 fully saturated rings. The van der Waals surface area contributed by atoms with Crippen LogP contribution in [0.2, 0.25) is 0 Å². The van der Waals surface area contributed by atoms with E-state index in [9.17, 15) is 65.5 Å². The monoisotopic (exact) mass is 431 g/mol. The van der Waals surface area contributed by atoms with E-state index in [1.807, 2.05) is 0 Å². The summed E-state index contributed by atoms with van der Waals surface area (Å²) in [5.74, 6) is -38.6. The van der Waals surface area contributed by atoms with Crippen LogP contribution in [0.1, 0.15) is 0 Å². The summed E-state index contributed by atoms with van der Waals surface area (Å²) in [5.41, 5.74) is 0. The molecule has 0 rings (SSSR count). The van der Waals surface area contributed by atoms with E-state index in [4.69, 9.17) is 4.55 Å². The molecule has 0 saturated heterocycles. The Morgan fingerprint density at radius 1 is 0.640 bits per heavy atom. The summed E-state index contributed by atoms with van der Waals surface area (Å²) in [6, 6.07) is 0. The first kappa shape index (κ1) is 26.2. The second kappa shape index (κ2) is 6.29. The Kier molecular flexibility index (Phi) is 6.59. The highest BCUT2D eigenvalue weighted by atomic mass is 32.2. The Labute approximate surface area is 129 Å². The van der Waals surface area contributed by atoms with E-state index >= 15 is 0 Å². The van der Waals surface area contributed by atoms with E-state index in [0.717, 1.165) is 0 Å². The Bertz CT molecular complexity index is 586. The third kappa shape index (κ3) is 3.22. The van der Waals surface area contributed by atoms with Crippen molar-refractivity contribution in [1.82, 2.24) is 6.15 Å². The van der Waals surface area contributed by atoms with E-state index in [1.165, 1.54) is 0 Å². The minimum atomic E-state index is -8.18. The fraction of sp³-hybridized carbons (Fsp3) is 1.00. The van der Waals surface area contributed by atoms with Gasteiger partial charge in [0, 0.05) is 0 Å². The molecule has 18 heteroatoms. The number of hydrogen-bond donors (Lipinski definition) is 2. The molecule has 0 atom stereocenters. The highest BCUT2D eigenvalue weighted by molar-refractivity contribution is 7.87. The molecule has 0 heterocycles. The molecule has 4 nitrogen and oxygen atoms in total. The Morgan fingerprint density at radius 2 is 0.920 bits per heavy atom. The summed E-state index contributed by atoms with van der Waals surface area (Å²) in [6.07, 6.45) is 0. The average Bonchev–Trinajstić information content (AvgIpc) is 2.36. The van der Waals surface area contributed by atoms with Crippen LogP contribution in [0.5, 0.6) is 0 Å². The zero-order valence-corrected chi connectivity index (χ0v) is 11.8. The van der Waals surface area contributed by atoms with Crippen molar-refractivity contribution in [1.29, 1.82) is 0 Å². The summed E-state index contributed by atoms with van der Waals surface area (Å²) >= 11 is 0. The predicted molar refractivity (Wildman–Crippen MR) is 52.2 cm³/mol. The van der Waals surface area contributed by atoms with Crippen molar-refractivity contribution in [2.45, 2.75) is 34.9 Å². The second-order valence-corrected chi connectivity index (χ2v) is 5.59. The highest BCUT2D eigenvalue weighted by Gasteiger charge is 2.92. The predicted octanol–water partition coefficient (Wildman–Crippen LogP) is 3.78. The molecular weight excluding hydrogens is 425 g/mol. The van der Waals surface area contributed by atoms with Crippen molar-refractivity contribution in [3.05, 3.63) is 0 Å². The second-order valence-electron chi connectivity index (χ2n) is 4.13. The van der Waals surface area contributed by atoms with E-state index in [-0.39, 0.29) is 6.15 Å². The van der Waals surface area contributed by atoms with Crippen LogP contribution >= 0.6 is 0 Å². The van der Waals surface area contributed by atoms with Crippen molar-refractivity contribution in [3.63, 3.8) is 0 Å². The van der Waals surface area contributed by atoms with Crippen LogP contribution < -0.4 is 6.15 Å². The third-order valence-corrected chi connectivity index (χ3v) is 3.40. The number of alkyl halides is 13. The first-order chi connectivity index (χ1) is 10.1. The van der Waals surface area contributed by atoms with Crippen LogP contribution in [-0.4, -0.2) is 54.5 Å². The van der Waals surface area contributed by atoms with Gasteiger partial charge < -0.3 is 6.15 Å². The number of hydrogen-bond acceptors (Lipinski definition) is 3. The maximum absolute atomic E-state index is 12.9. The van der Waals surface area contributed by atoms with Gasteiger partial charge in [0.1, 0.15) is 0 Å². The van der Waals surface area contributed by atoms with Gasteiger partial charge in [0.25, 0.3) is 0 Å². The first-order valence-corrected chi connectivity index (χ1v) is 6.30. The molecule has 25 heavy (non-hydrogen) atoms. The molecular formula is C7H6F13NO3S. The summed E-state index contributed by atoms with van der Waals surface area (Å²) in [6.45, 7) is -3.79. The van der Waals surface area contributed by atoms with Crippen molar-refractivity contribution < 1.29 is 70.0 Å². The van der Waals surface area contributed by atoms with Gasteiger partial charge in [0.05, 0.1) is 0 Å². The number of rotatable bonds is 7. The summed E-state index contributed by atoms with van der Waals surface area (Å²) < 4.78 is 191. The van der Waals surface area contributed by atoms with Crippen LogP contribution in [-0.2, 0) is 10.1 Å². The maximum atomic E-state index is 12.9. The Balaban J connectivity index is 0. The SMILES string of the molecule is N.O=S(=O)(O)C(F)(F)C(F)(F)C(F)(F)C(F)(F)C(F)(F)C(F)(F)CF. The van der Waals surface area contributed by atoms with Gasteiger partial charge in [-0.05, 0) is 0 Å². The smallest absolute Gasteiger partial charge is 0.344 e. The summed E-state index contributed by atoms with van der Waals surface area (Å²) in [5, 5.41) is -7.49. The van der Waals surface area contributed by atoms with E-state index in [1.54, 1.807) is 0 Å². The summed E-state index contributed by atoms with van der Waals surface area (Å²) in [7, 11) is -7.59. The van der Waals surface area contributed by atoms with E-state index in [2.05, 4.69) is 0 Å². The minimum Gasteiger partial charge on any atom is -0.344 e. The molecule has 0 aliphatic rings. The van der Waals surface area contributed by atoms with E-state index in [0.29, 0.717) is 0 Å². The van der Waals surface area contributed by atoms with Crippen molar-refractivity contribution in [2.24, 2.45) is 0 Å². The van der Waals surface area contributed by atoms with Crippen molar-refractivity contribution in [2.75, 3.05) is 6.67 Å². The fourth-order valence-electron chi connectivity index (χ4n) is 1.05. The lowest BCUT2D eigenvalue weighted by molar-refractivity contribution is -0.417. The molecule has 0 amide bonds. The van der Waals surface area contributed by atoms with Gasteiger partial charge in [-0.3, -0.25) is 4.55 Å². The van der Waals surface area contributed by atoms with Crippen LogP contribution in [0.3, 0.4) is 0 Å². The zero-order chi connectivity index (χ0) is 20.2. The van der Waals surface area contributed by atoms with Gasteiger partial charge in [0.15, 0.2) is 6.67 Å². The first-order valence-electron chi connectivity index (χ1n) is 4.86. The standard InChI is InChI=1S/C7H3F13O3S.H3N/c8-1-2(9,10)3(11,12)4(13,14)5(15,16)6(17,18)7(19,20)24(21,22)23;/h1H2,(H,21,22,23);1H3. The lowest BCUT2D eigenvalue weighted by Crippen LogP contribution is -2.71. The van der Waals surface area contributed by atoms with Crippen LogP contribution in [0.4, 0.5) is 57.1 Å². The van der Waals surface area contributed by atoms with Gasteiger partial charge in [-0.15, -0.1) is 0 Å². The lowest BCUT2D eigenvalue weighted by Gasteiger charge is -2.39. The molecule has 0 aromatic heterocycles. The third-order valence-electron chi connectivity index (χ3n) is 2.50. The summed E-state index contributed by atoms with van der Waals surface area (Å²) in [4.78, 5) is 0. The number of halogens is 13. The van der Waals surface area contributed by atoms with Gasteiger partial charge in [0.2, 0.25) is 0 Å². The van der Waals surface area contributed by atoms with Crippen molar-refractivity contribution >= 4 is 10.1 Å². The van der Waals surface area contributed by atoms with E-state index < -0.39 is 51.7 Å². The van der Waals surface area contributed by atoms with Gasteiger partial charge in [-0.1, -0.05) is 0 Å². The minimum absolute atomic E-state index is 0. The topological polar surface area (TPSA) is 89.4 Å². The Morgan fingerprint density at radius 3 is 1.16 bits per heavy atom. The fourth-order valence-corrected chi connectivity index (χ4v) is 1.50. The largest absolute Gasteiger partial charge is 0.438 e. The highest BCUT2D eigenvalue weighted by Crippen LogP contribution is 2.60. The molecule has 0 saturated carbocycles.